The van der Waals surface area contributed by atoms with Crippen LogP contribution in [0.3, 0.4) is 0 Å². The van der Waals surface area contributed by atoms with Gasteiger partial charge in [-0.2, -0.15) is 0 Å². The average molecular weight is 320 g/mol. The van der Waals surface area contributed by atoms with Gasteiger partial charge < -0.3 is 20.1 Å². The molecule has 0 heterocycles. The van der Waals surface area contributed by atoms with E-state index in [1.165, 1.54) is 32.1 Å². The molecule has 23 heavy (non-hydrogen) atoms. The second-order valence-corrected chi connectivity index (χ2v) is 6.37. The van der Waals surface area contributed by atoms with Crippen LogP contribution >= 0.6 is 0 Å². The quantitative estimate of drug-likeness (QED) is 0.839. The van der Waals surface area contributed by atoms with Crippen molar-refractivity contribution in [1.82, 2.24) is 0 Å². The summed E-state index contributed by atoms with van der Waals surface area (Å²) in [5.41, 5.74) is 7.37. The molecule has 2 N–H and O–H groups in total. The van der Waals surface area contributed by atoms with E-state index in [9.17, 15) is 4.79 Å². The number of aryl methyl sites for hydroxylation is 1. The Morgan fingerprint density at radius 2 is 1.74 bits per heavy atom. The lowest BCUT2D eigenvalue weighted by molar-refractivity contribution is -0.116. The normalized spacial score (nSPS) is 15.3. The molecular weight excluding hydrogens is 292 g/mol. The fraction of sp³-hybridized carbons (Fsp3) is 0.611. The minimum atomic E-state index is -0.342. The molecular formula is C18H28N2O3. The zero-order valence-electron chi connectivity index (χ0n) is 14.4. The predicted molar refractivity (Wildman–Crippen MR) is 92.3 cm³/mol. The van der Waals surface area contributed by atoms with Gasteiger partial charge in [-0.3, -0.25) is 4.79 Å². The summed E-state index contributed by atoms with van der Waals surface area (Å²) in [6.45, 7) is 2.97. The van der Waals surface area contributed by atoms with Crippen LogP contribution < -0.4 is 20.1 Å². The number of hydrogen-bond donors (Lipinski definition) is 1. The number of primary amides is 1. The number of nitrogens with zero attached hydrogens (tertiary/aromatic N) is 1. The molecule has 0 aromatic heterocycles. The SMILES string of the molecule is COc1cc(C)cc(OC)c1N(CC(N)=O)CC1CCCCC1. The number of rotatable bonds is 7. The summed E-state index contributed by atoms with van der Waals surface area (Å²) in [4.78, 5) is 13.6. The van der Waals surface area contributed by atoms with Crippen LogP contribution in [-0.2, 0) is 4.79 Å². The fourth-order valence-electron chi connectivity index (χ4n) is 3.44. The van der Waals surface area contributed by atoms with E-state index in [4.69, 9.17) is 15.2 Å². The number of amides is 1. The van der Waals surface area contributed by atoms with E-state index in [0.717, 1.165) is 29.3 Å². The van der Waals surface area contributed by atoms with Crippen LogP contribution in [0.1, 0.15) is 37.7 Å². The molecule has 0 bridgehead atoms. The van der Waals surface area contributed by atoms with Crippen molar-refractivity contribution < 1.29 is 14.3 Å². The Hall–Kier alpha value is -1.91. The Morgan fingerprint density at radius 3 is 2.22 bits per heavy atom. The van der Waals surface area contributed by atoms with Crippen molar-refractivity contribution in [3.8, 4) is 11.5 Å². The molecule has 0 aliphatic heterocycles. The summed E-state index contributed by atoms with van der Waals surface area (Å²) in [6, 6.07) is 3.93. The average Bonchev–Trinajstić information content (AvgIpc) is 2.53. The van der Waals surface area contributed by atoms with E-state index >= 15 is 0 Å². The number of nitrogens with two attached hydrogens (primary N) is 1. The summed E-state index contributed by atoms with van der Waals surface area (Å²) in [7, 11) is 3.28. The van der Waals surface area contributed by atoms with Gasteiger partial charge in [0.1, 0.15) is 17.2 Å². The zero-order valence-corrected chi connectivity index (χ0v) is 14.4. The lowest BCUT2D eigenvalue weighted by Crippen LogP contribution is -2.38. The highest BCUT2D eigenvalue weighted by molar-refractivity contribution is 5.82. The van der Waals surface area contributed by atoms with Crippen LogP contribution in [0.4, 0.5) is 5.69 Å². The monoisotopic (exact) mass is 320 g/mol. The lowest BCUT2D eigenvalue weighted by atomic mass is 9.88. The smallest absolute Gasteiger partial charge is 0.236 e. The molecule has 5 nitrogen and oxygen atoms in total. The zero-order chi connectivity index (χ0) is 16.8. The van der Waals surface area contributed by atoms with Crippen molar-refractivity contribution in [2.24, 2.45) is 11.7 Å². The molecule has 128 valence electrons. The van der Waals surface area contributed by atoms with E-state index in [2.05, 4.69) is 0 Å². The van der Waals surface area contributed by atoms with Gasteiger partial charge in [-0.05, 0) is 43.4 Å². The molecule has 1 aliphatic rings. The molecule has 2 rings (SSSR count). The van der Waals surface area contributed by atoms with Crippen molar-refractivity contribution in [3.05, 3.63) is 17.7 Å². The number of hydrogen-bond acceptors (Lipinski definition) is 4. The van der Waals surface area contributed by atoms with Crippen LogP contribution in [0.2, 0.25) is 0 Å². The number of methoxy groups -OCH3 is 2. The molecule has 1 amide bonds. The number of ether oxygens (including phenoxy) is 2. The summed E-state index contributed by atoms with van der Waals surface area (Å²) >= 11 is 0. The minimum absolute atomic E-state index is 0.173. The molecule has 1 aromatic rings. The largest absolute Gasteiger partial charge is 0.494 e. The third-order valence-electron chi connectivity index (χ3n) is 4.49. The van der Waals surface area contributed by atoms with E-state index in [-0.39, 0.29) is 12.5 Å². The van der Waals surface area contributed by atoms with Crippen molar-refractivity contribution >= 4 is 11.6 Å². The number of carbonyl (C=O) groups excluding carboxylic acids is 1. The highest BCUT2D eigenvalue weighted by Crippen LogP contribution is 2.40. The first-order valence-electron chi connectivity index (χ1n) is 8.31. The van der Waals surface area contributed by atoms with Gasteiger partial charge in [0, 0.05) is 6.54 Å². The maximum atomic E-state index is 11.6. The molecule has 0 saturated heterocycles. The molecule has 0 unspecified atom stereocenters. The van der Waals surface area contributed by atoms with Crippen LogP contribution in [0.15, 0.2) is 12.1 Å². The molecule has 0 spiro atoms. The minimum Gasteiger partial charge on any atom is -0.494 e. The van der Waals surface area contributed by atoms with E-state index in [0.29, 0.717) is 5.92 Å². The van der Waals surface area contributed by atoms with Gasteiger partial charge in [-0.25, -0.2) is 0 Å². The van der Waals surface area contributed by atoms with Gasteiger partial charge in [-0.15, -0.1) is 0 Å². The van der Waals surface area contributed by atoms with Gasteiger partial charge >= 0.3 is 0 Å². The van der Waals surface area contributed by atoms with Crippen LogP contribution in [0, 0.1) is 12.8 Å². The molecule has 5 heteroatoms. The number of benzene rings is 1. The van der Waals surface area contributed by atoms with Crippen molar-refractivity contribution in [3.63, 3.8) is 0 Å². The standard InChI is InChI=1S/C18H28N2O3/c1-13-9-15(22-2)18(16(10-13)23-3)20(12-17(19)21)11-14-7-5-4-6-8-14/h9-10,14H,4-8,11-12H2,1-3H3,(H2,19,21). The Morgan fingerprint density at radius 1 is 1.17 bits per heavy atom. The highest BCUT2D eigenvalue weighted by Gasteiger charge is 2.24. The molecule has 1 aromatic carbocycles. The first-order valence-corrected chi connectivity index (χ1v) is 8.31. The summed E-state index contributed by atoms with van der Waals surface area (Å²) in [6.07, 6.45) is 6.23. The third kappa shape index (κ3) is 4.53. The van der Waals surface area contributed by atoms with Gasteiger partial charge in [0.25, 0.3) is 0 Å². The topological polar surface area (TPSA) is 64.8 Å². The number of carbonyl (C=O) groups is 1. The van der Waals surface area contributed by atoms with E-state index in [1.807, 2.05) is 24.0 Å². The van der Waals surface area contributed by atoms with Crippen molar-refractivity contribution in [1.29, 1.82) is 0 Å². The highest BCUT2D eigenvalue weighted by atomic mass is 16.5. The van der Waals surface area contributed by atoms with Gasteiger partial charge in [0.2, 0.25) is 5.91 Å². The second kappa shape index (κ2) is 8.09. The third-order valence-corrected chi connectivity index (χ3v) is 4.49. The van der Waals surface area contributed by atoms with E-state index < -0.39 is 0 Å². The lowest BCUT2D eigenvalue weighted by Gasteiger charge is -2.32. The second-order valence-electron chi connectivity index (χ2n) is 6.37. The summed E-state index contributed by atoms with van der Waals surface area (Å²) in [5, 5.41) is 0. The predicted octanol–water partition coefficient (Wildman–Crippen LogP) is 2.88. The molecule has 1 fully saturated rings. The Balaban J connectivity index is 2.35. The first kappa shape index (κ1) is 17.4. The molecule has 1 aliphatic carbocycles. The Labute approximate surface area is 138 Å². The van der Waals surface area contributed by atoms with Crippen LogP contribution in [0.5, 0.6) is 11.5 Å². The van der Waals surface area contributed by atoms with Crippen LogP contribution in [-0.4, -0.2) is 33.2 Å². The molecule has 0 atom stereocenters. The summed E-state index contributed by atoms with van der Waals surface area (Å²) in [5.74, 6) is 1.68. The van der Waals surface area contributed by atoms with Crippen LogP contribution in [0.25, 0.3) is 0 Å². The molecule has 1 saturated carbocycles. The number of anilines is 1. The van der Waals surface area contributed by atoms with E-state index in [1.54, 1.807) is 14.2 Å². The first-order chi connectivity index (χ1) is 11.0. The van der Waals surface area contributed by atoms with Crippen molar-refractivity contribution in [2.75, 3.05) is 32.2 Å². The fourth-order valence-corrected chi connectivity index (χ4v) is 3.44. The maximum Gasteiger partial charge on any atom is 0.236 e. The van der Waals surface area contributed by atoms with Gasteiger partial charge in [0.05, 0.1) is 20.8 Å². The Bertz CT molecular complexity index is 514. The van der Waals surface area contributed by atoms with Crippen molar-refractivity contribution in [2.45, 2.75) is 39.0 Å². The molecule has 0 radical (unpaired) electrons. The maximum absolute atomic E-state index is 11.6. The van der Waals surface area contributed by atoms with Gasteiger partial charge in [0.15, 0.2) is 0 Å². The van der Waals surface area contributed by atoms with Gasteiger partial charge in [-0.1, -0.05) is 19.3 Å². The summed E-state index contributed by atoms with van der Waals surface area (Å²) < 4.78 is 11.1. The Kier molecular flexibility index (Phi) is 6.13.